The van der Waals surface area contributed by atoms with E-state index in [1.54, 1.807) is 13.8 Å². The summed E-state index contributed by atoms with van der Waals surface area (Å²) in [5, 5.41) is 0. The Balaban J connectivity index is 4.17. The van der Waals surface area contributed by atoms with Crippen molar-refractivity contribution in [1.82, 2.24) is 0 Å². The first kappa shape index (κ1) is 11.2. The number of ketones is 1. The van der Waals surface area contributed by atoms with Crippen molar-refractivity contribution in [2.75, 3.05) is 0 Å². The molecule has 2 nitrogen and oxygen atoms in total. The molecule has 1 atom stereocenters. The van der Waals surface area contributed by atoms with E-state index in [0.717, 1.165) is 12.2 Å². The van der Waals surface area contributed by atoms with E-state index in [1.165, 1.54) is 5.57 Å². The van der Waals surface area contributed by atoms with Crippen LogP contribution < -0.4 is 0 Å². The molecular formula is C10H18O2. The SMILES string of the molecule is CC/C(C)=C(\C)OC(C)C(C)=O. The van der Waals surface area contributed by atoms with Crippen LogP contribution >= 0.6 is 0 Å². The maximum Gasteiger partial charge on any atom is 0.169 e. The lowest BCUT2D eigenvalue weighted by molar-refractivity contribution is -0.125. The topological polar surface area (TPSA) is 26.3 Å². The lowest BCUT2D eigenvalue weighted by Gasteiger charge is -2.13. The molecule has 0 spiro atoms. The lowest BCUT2D eigenvalue weighted by Crippen LogP contribution is -2.16. The van der Waals surface area contributed by atoms with Gasteiger partial charge in [0.1, 0.15) is 0 Å². The van der Waals surface area contributed by atoms with Gasteiger partial charge < -0.3 is 4.74 Å². The van der Waals surface area contributed by atoms with Crippen LogP contribution in [0.2, 0.25) is 0 Å². The first-order valence-electron chi connectivity index (χ1n) is 4.32. The average molecular weight is 170 g/mol. The normalized spacial score (nSPS) is 15.1. The van der Waals surface area contributed by atoms with E-state index < -0.39 is 0 Å². The second-order valence-corrected chi connectivity index (χ2v) is 3.06. The molecule has 0 radical (unpaired) electrons. The third kappa shape index (κ3) is 3.56. The number of carbonyl (C=O) groups is 1. The number of hydrogen-bond acceptors (Lipinski definition) is 2. The van der Waals surface area contributed by atoms with Gasteiger partial charge in [0, 0.05) is 0 Å². The zero-order chi connectivity index (χ0) is 9.72. The Morgan fingerprint density at radius 2 is 1.83 bits per heavy atom. The molecule has 0 saturated heterocycles. The zero-order valence-corrected chi connectivity index (χ0v) is 8.60. The van der Waals surface area contributed by atoms with E-state index >= 15 is 0 Å². The lowest BCUT2D eigenvalue weighted by atomic mass is 10.2. The van der Waals surface area contributed by atoms with Crippen molar-refractivity contribution in [3.05, 3.63) is 11.3 Å². The van der Waals surface area contributed by atoms with Crippen molar-refractivity contribution < 1.29 is 9.53 Å². The minimum Gasteiger partial charge on any atom is -0.488 e. The van der Waals surface area contributed by atoms with Crippen LogP contribution in [0.15, 0.2) is 11.3 Å². The summed E-state index contributed by atoms with van der Waals surface area (Å²) >= 11 is 0. The van der Waals surface area contributed by atoms with Crippen LogP contribution in [0, 0.1) is 0 Å². The van der Waals surface area contributed by atoms with Gasteiger partial charge in [-0.2, -0.15) is 0 Å². The summed E-state index contributed by atoms with van der Waals surface area (Å²) in [5.74, 6) is 0.943. The zero-order valence-electron chi connectivity index (χ0n) is 8.60. The summed E-state index contributed by atoms with van der Waals surface area (Å²) < 4.78 is 5.39. The molecule has 0 fully saturated rings. The van der Waals surface area contributed by atoms with Gasteiger partial charge in [-0.15, -0.1) is 0 Å². The van der Waals surface area contributed by atoms with Crippen molar-refractivity contribution in [2.45, 2.75) is 47.1 Å². The number of Topliss-reactive ketones (excluding diaryl/α,β-unsaturated/α-hetero) is 1. The maximum atomic E-state index is 10.8. The molecule has 0 aromatic carbocycles. The second-order valence-electron chi connectivity index (χ2n) is 3.06. The van der Waals surface area contributed by atoms with Gasteiger partial charge in [-0.3, -0.25) is 4.79 Å². The quantitative estimate of drug-likeness (QED) is 0.606. The van der Waals surface area contributed by atoms with E-state index in [0.29, 0.717) is 0 Å². The van der Waals surface area contributed by atoms with E-state index in [4.69, 9.17) is 4.74 Å². The molecule has 0 amide bonds. The highest BCUT2D eigenvalue weighted by molar-refractivity contribution is 5.80. The highest BCUT2D eigenvalue weighted by atomic mass is 16.5. The number of rotatable bonds is 4. The van der Waals surface area contributed by atoms with Gasteiger partial charge in [0.25, 0.3) is 0 Å². The summed E-state index contributed by atoms with van der Waals surface area (Å²) in [6, 6.07) is 0. The molecule has 0 N–H and O–H groups in total. The number of allylic oxidation sites excluding steroid dienone is 2. The van der Waals surface area contributed by atoms with Gasteiger partial charge in [0.2, 0.25) is 0 Å². The van der Waals surface area contributed by atoms with Crippen molar-refractivity contribution in [1.29, 1.82) is 0 Å². The molecule has 0 rings (SSSR count). The minimum absolute atomic E-state index is 0.0678. The smallest absolute Gasteiger partial charge is 0.169 e. The van der Waals surface area contributed by atoms with E-state index in [2.05, 4.69) is 6.92 Å². The molecule has 0 saturated carbocycles. The Bertz CT molecular complexity index is 192. The minimum atomic E-state index is -0.313. The van der Waals surface area contributed by atoms with Gasteiger partial charge in [-0.05, 0) is 39.7 Å². The maximum absolute atomic E-state index is 10.8. The van der Waals surface area contributed by atoms with Gasteiger partial charge in [0.05, 0.1) is 5.76 Å². The van der Waals surface area contributed by atoms with Crippen molar-refractivity contribution >= 4 is 5.78 Å². The third-order valence-corrected chi connectivity index (χ3v) is 2.06. The molecule has 0 heterocycles. The van der Waals surface area contributed by atoms with E-state index in [9.17, 15) is 4.79 Å². The van der Waals surface area contributed by atoms with Crippen molar-refractivity contribution in [3.8, 4) is 0 Å². The highest BCUT2D eigenvalue weighted by Gasteiger charge is 2.09. The molecule has 0 aromatic rings. The second kappa shape index (κ2) is 4.96. The Labute approximate surface area is 74.6 Å². The highest BCUT2D eigenvalue weighted by Crippen LogP contribution is 2.11. The van der Waals surface area contributed by atoms with Gasteiger partial charge in [-0.1, -0.05) is 6.92 Å². The van der Waals surface area contributed by atoms with Gasteiger partial charge in [-0.25, -0.2) is 0 Å². The fraction of sp³-hybridized carbons (Fsp3) is 0.700. The van der Waals surface area contributed by atoms with E-state index in [-0.39, 0.29) is 11.9 Å². The summed E-state index contributed by atoms with van der Waals surface area (Å²) in [4.78, 5) is 10.8. The molecule has 0 aliphatic carbocycles. The molecule has 0 aliphatic rings. The molecule has 1 unspecified atom stereocenters. The van der Waals surface area contributed by atoms with Crippen LogP contribution in [0.1, 0.15) is 41.0 Å². The van der Waals surface area contributed by atoms with Crippen LogP contribution in [-0.2, 0) is 9.53 Å². The molecule has 0 bridgehead atoms. The predicted molar refractivity (Wildman–Crippen MR) is 49.9 cm³/mol. The standard InChI is InChI=1S/C10H18O2/c1-6-7(2)9(4)12-10(5)8(3)11/h10H,6H2,1-5H3/b9-7+. The fourth-order valence-electron chi connectivity index (χ4n) is 0.698. The Morgan fingerprint density at radius 3 is 2.17 bits per heavy atom. The Kier molecular flexibility index (Phi) is 4.64. The van der Waals surface area contributed by atoms with Gasteiger partial charge >= 0.3 is 0 Å². The van der Waals surface area contributed by atoms with Crippen LogP contribution in [0.25, 0.3) is 0 Å². The molecule has 70 valence electrons. The number of hydrogen-bond donors (Lipinski definition) is 0. The predicted octanol–water partition coefficient (Wildman–Crippen LogP) is 2.68. The monoisotopic (exact) mass is 170 g/mol. The average Bonchev–Trinajstić information content (AvgIpc) is 2.02. The molecular weight excluding hydrogens is 152 g/mol. The van der Waals surface area contributed by atoms with Crippen molar-refractivity contribution in [2.24, 2.45) is 0 Å². The first-order valence-corrected chi connectivity index (χ1v) is 4.32. The molecule has 12 heavy (non-hydrogen) atoms. The largest absolute Gasteiger partial charge is 0.488 e. The Hall–Kier alpha value is -0.790. The molecule has 0 aliphatic heterocycles. The molecule has 0 aromatic heterocycles. The summed E-state index contributed by atoms with van der Waals surface area (Å²) in [6.07, 6.45) is 0.655. The third-order valence-electron chi connectivity index (χ3n) is 2.06. The molecule has 2 heteroatoms. The fourth-order valence-corrected chi connectivity index (χ4v) is 0.698. The van der Waals surface area contributed by atoms with Crippen LogP contribution in [0.3, 0.4) is 0 Å². The number of carbonyl (C=O) groups excluding carboxylic acids is 1. The van der Waals surface area contributed by atoms with Crippen LogP contribution in [0.4, 0.5) is 0 Å². The Morgan fingerprint density at radius 1 is 1.33 bits per heavy atom. The van der Waals surface area contributed by atoms with Crippen molar-refractivity contribution in [3.63, 3.8) is 0 Å². The summed E-state index contributed by atoms with van der Waals surface area (Å²) in [6.45, 7) is 9.30. The van der Waals surface area contributed by atoms with E-state index in [1.807, 2.05) is 13.8 Å². The number of ether oxygens (including phenoxy) is 1. The summed E-state index contributed by atoms with van der Waals surface area (Å²) in [5.41, 5.74) is 1.20. The van der Waals surface area contributed by atoms with Crippen LogP contribution in [-0.4, -0.2) is 11.9 Å². The first-order chi connectivity index (χ1) is 5.49. The van der Waals surface area contributed by atoms with Crippen LogP contribution in [0.5, 0.6) is 0 Å². The van der Waals surface area contributed by atoms with Gasteiger partial charge in [0.15, 0.2) is 11.9 Å². The summed E-state index contributed by atoms with van der Waals surface area (Å²) in [7, 11) is 0.